The van der Waals surface area contributed by atoms with Gasteiger partial charge in [-0.1, -0.05) is 43.2 Å². The first kappa shape index (κ1) is 42.5. The molecule has 4 aliphatic carbocycles. The Bertz CT molecular complexity index is 2210. The zero-order valence-electron chi connectivity index (χ0n) is 34.5. The molecule has 328 valence electrons. The fourth-order valence-corrected chi connectivity index (χ4v) is 11.0. The summed E-state index contributed by atoms with van der Waals surface area (Å²) in [5.41, 5.74) is -0.498. The van der Waals surface area contributed by atoms with Crippen molar-refractivity contribution in [2.75, 3.05) is 20.3 Å². The zero-order valence-corrected chi connectivity index (χ0v) is 35.3. The predicted molar refractivity (Wildman–Crippen MR) is 222 cm³/mol. The fourth-order valence-electron chi connectivity index (χ4n) is 9.65. The van der Waals surface area contributed by atoms with Crippen LogP contribution in [0.1, 0.15) is 89.0 Å². The number of allylic oxidation sites excluding steroid dienone is 2. The lowest BCUT2D eigenvalue weighted by molar-refractivity contribution is -0.143. The van der Waals surface area contributed by atoms with Crippen LogP contribution >= 0.6 is 0 Å². The Morgan fingerprint density at radius 3 is 2.52 bits per heavy atom. The topological polar surface area (TPSA) is 209 Å². The van der Waals surface area contributed by atoms with E-state index in [1.54, 1.807) is 6.07 Å². The summed E-state index contributed by atoms with van der Waals surface area (Å²) in [6.45, 7) is 3.37. The lowest BCUT2D eigenvalue weighted by Crippen LogP contribution is -2.59. The van der Waals surface area contributed by atoms with E-state index in [0.717, 1.165) is 38.5 Å². The van der Waals surface area contributed by atoms with Crippen LogP contribution in [-0.4, -0.2) is 103 Å². The molecule has 4 amide bonds. The smallest absolute Gasteiger partial charge is 0.408 e. The summed E-state index contributed by atoms with van der Waals surface area (Å²) < 4.78 is 51.7. The van der Waals surface area contributed by atoms with E-state index in [2.05, 4.69) is 28.0 Å². The number of para-hydroxylation sites is 1. The van der Waals surface area contributed by atoms with Gasteiger partial charge in [0.05, 0.1) is 30.0 Å². The van der Waals surface area contributed by atoms with Gasteiger partial charge >= 0.3 is 12.1 Å². The number of hydrogen-bond acceptors (Lipinski definition) is 12. The number of esters is 1. The molecule has 2 aromatic rings. The van der Waals surface area contributed by atoms with Crippen molar-refractivity contribution < 1.29 is 51.3 Å². The summed E-state index contributed by atoms with van der Waals surface area (Å²) >= 11 is 0. The fraction of sp³-hybridized carbons (Fsp3) is 0.591. The van der Waals surface area contributed by atoms with Crippen LogP contribution in [-0.2, 0) is 45.1 Å². The summed E-state index contributed by atoms with van der Waals surface area (Å²) in [5, 5.41) is 5.76. The standard InChI is InChI=1S/C44H55N5O11S/c1-3-28-23-44(28,42(53)48-61(55,56)30-20-21-30)47-39(51)34-22-29-24-49(34)41(52)37(27-13-7-8-14-27)46-43(54)60-35-19-11-15-26(35)12-5-4-6-17-32-38(58-25-36(50)57-2)31-16-9-10-18-33(31)45-40(32)59-29/h3-4,6,9-10,16,18,26-30,34-35,37H,1,5,7-8,11-15,17,19-25H2,2H3,(H,46,54)(H,47,51)(H,48,53). The van der Waals surface area contributed by atoms with E-state index >= 15 is 0 Å². The minimum Gasteiger partial charge on any atom is -0.481 e. The molecule has 2 bridgehead atoms. The van der Waals surface area contributed by atoms with E-state index in [0.29, 0.717) is 60.7 Å². The van der Waals surface area contributed by atoms with Gasteiger partial charge in [0.15, 0.2) is 6.61 Å². The molecule has 1 aromatic carbocycles. The third-order valence-electron chi connectivity index (χ3n) is 13.3. The lowest BCUT2D eigenvalue weighted by Gasteiger charge is -2.32. The highest BCUT2D eigenvalue weighted by atomic mass is 32.2. The number of alkyl carbamates (subject to hydrolysis) is 1. The Balaban J connectivity index is 1.17. The van der Waals surface area contributed by atoms with Crippen molar-refractivity contribution in [1.82, 2.24) is 25.2 Å². The molecule has 16 nitrogen and oxygen atoms in total. The van der Waals surface area contributed by atoms with E-state index in [-0.39, 0.29) is 49.8 Å². The molecule has 7 unspecified atom stereocenters. The lowest BCUT2D eigenvalue weighted by atomic mass is 9.96. The van der Waals surface area contributed by atoms with Gasteiger partial charge in [0.1, 0.15) is 35.6 Å². The normalized spacial score (nSPS) is 29.5. The first-order chi connectivity index (χ1) is 29.4. The maximum Gasteiger partial charge on any atom is 0.408 e. The van der Waals surface area contributed by atoms with Crippen LogP contribution in [0.25, 0.3) is 10.9 Å². The summed E-state index contributed by atoms with van der Waals surface area (Å²) in [4.78, 5) is 75.6. The van der Waals surface area contributed by atoms with E-state index < -0.39 is 74.7 Å². The highest BCUT2D eigenvalue weighted by Gasteiger charge is 2.62. The number of carbonyl (C=O) groups is 5. The summed E-state index contributed by atoms with van der Waals surface area (Å²) in [6.07, 6.45) is 12.2. The van der Waals surface area contributed by atoms with Crippen LogP contribution in [0, 0.1) is 17.8 Å². The van der Waals surface area contributed by atoms with Crippen molar-refractivity contribution in [3.05, 3.63) is 54.6 Å². The quantitative estimate of drug-likeness (QED) is 0.228. The Hall–Kier alpha value is -5.19. The number of carbonyl (C=O) groups excluding carboxylic acids is 5. The Labute approximate surface area is 355 Å². The molecule has 2 aliphatic heterocycles. The number of methoxy groups -OCH3 is 1. The van der Waals surface area contributed by atoms with Crippen LogP contribution in [0.5, 0.6) is 11.6 Å². The third-order valence-corrected chi connectivity index (χ3v) is 15.1. The molecule has 17 heteroatoms. The van der Waals surface area contributed by atoms with Gasteiger partial charge in [0.2, 0.25) is 27.7 Å². The molecule has 5 fully saturated rings. The number of amides is 4. The van der Waals surface area contributed by atoms with Gasteiger partial charge in [-0.2, -0.15) is 0 Å². The molecule has 0 spiro atoms. The van der Waals surface area contributed by atoms with E-state index in [9.17, 15) is 32.4 Å². The average Bonchev–Trinajstić information content (AvgIpc) is 4.03. The number of rotatable bonds is 10. The van der Waals surface area contributed by atoms with Crippen LogP contribution in [0.2, 0.25) is 0 Å². The predicted octanol–water partition coefficient (Wildman–Crippen LogP) is 4.15. The SMILES string of the molecule is C=CC1CC1(NC(=O)C1CC2CN1C(=O)C(C1CCCC1)NC(=O)OC1CCCC1CCC=CCc1c(nc3ccccc3c1OCC(=O)OC)O2)C(=O)NS(=O)(=O)C1CC1. The van der Waals surface area contributed by atoms with E-state index in [1.165, 1.54) is 18.1 Å². The van der Waals surface area contributed by atoms with Crippen molar-refractivity contribution in [2.24, 2.45) is 17.8 Å². The number of hydrogen-bond donors (Lipinski definition) is 3. The van der Waals surface area contributed by atoms with E-state index in [1.807, 2.05) is 24.3 Å². The van der Waals surface area contributed by atoms with Gasteiger partial charge in [-0.05, 0) is 94.6 Å². The zero-order chi connectivity index (χ0) is 42.9. The second kappa shape index (κ2) is 17.7. The largest absolute Gasteiger partial charge is 0.481 e. The molecule has 61 heavy (non-hydrogen) atoms. The molecule has 8 rings (SSSR count). The number of nitrogens with zero attached hydrogens (tertiary/aromatic N) is 2. The van der Waals surface area contributed by atoms with Gasteiger partial charge < -0.3 is 34.5 Å². The highest BCUT2D eigenvalue weighted by Crippen LogP contribution is 2.46. The van der Waals surface area contributed by atoms with Crippen LogP contribution in [0.15, 0.2) is 49.1 Å². The van der Waals surface area contributed by atoms with Gasteiger partial charge in [-0.25, -0.2) is 23.0 Å². The van der Waals surface area contributed by atoms with Crippen molar-refractivity contribution >= 4 is 50.7 Å². The Morgan fingerprint density at radius 2 is 1.79 bits per heavy atom. The number of ether oxygens (including phenoxy) is 4. The van der Waals surface area contributed by atoms with Gasteiger partial charge in [0, 0.05) is 17.7 Å². The first-order valence-corrected chi connectivity index (χ1v) is 23.2. The number of benzene rings is 1. The number of sulfonamides is 1. The number of pyridine rings is 1. The summed E-state index contributed by atoms with van der Waals surface area (Å²) in [5.74, 6) is -2.63. The molecule has 1 aromatic heterocycles. The number of fused-ring (bicyclic) bond motifs is 5. The Kier molecular flexibility index (Phi) is 12.3. The molecule has 0 radical (unpaired) electrons. The highest BCUT2D eigenvalue weighted by molar-refractivity contribution is 7.91. The van der Waals surface area contributed by atoms with E-state index in [4.69, 9.17) is 23.9 Å². The second-order valence-corrected chi connectivity index (χ2v) is 19.3. The van der Waals surface area contributed by atoms with Crippen molar-refractivity contribution in [3.8, 4) is 11.6 Å². The summed E-state index contributed by atoms with van der Waals surface area (Å²) in [7, 11) is -2.66. The molecular formula is C44H55N5O11S. The minimum absolute atomic E-state index is 0.0257. The van der Waals surface area contributed by atoms with Gasteiger partial charge in [-0.3, -0.25) is 19.1 Å². The van der Waals surface area contributed by atoms with Crippen LogP contribution < -0.4 is 24.8 Å². The summed E-state index contributed by atoms with van der Waals surface area (Å²) in [6, 6.07) is 5.11. The molecule has 1 saturated heterocycles. The number of aromatic nitrogens is 1. The monoisotopic (exact) mass is 861 g/mol. The molecule has 3 heterocycles. The second-order valence-electron chi connectivity index (χ2n) is 17.3. The molecule has 3 N–H and O–H groups in total. The van der Waals surface area contributed by atoms with Gasteiger partial charge in [-0.15, -0.1) is 6.58 Å². The first-order valence-electron chi connectivity index (χ1n) is 21.6. The van der Waals surface area contributed by atoms with Crippen molar-refractivity contribution in [1.29, 1.82) is 0 Å². The minimum atomic E-state index is -3.93. The number of nitrogens with one attached hydrogen (secondary N) is 3. The third kappa shape index (κ3) is 9.07. The maximum atomic E-state index is 15.0. The van der Waals surface area contributed by atoms with Crippen LogP contribution in [0.4, 0.5) is 4.79 Å². The molecule has 7 atom stereocenters. The Morgan fingerprint density at radius 1 is 1.02 bits per heavy atom. The molecule has 4 saturated carbocycles. The molecule has 6 aliphatic rings. The van der Waals surface area contributed by atoms with Crippen LogP contribution in [0.3, 0.4) is 0 Å². The maximum absolute atomic E-state index is 15.0. The van der Waals surface area contributed by atoms with Crippen molar-refractivity contribution in [2.45, 2.75) is 125 Å². The van der Waals surface area contributed by atoms with Crippen molar-refractivity contribution in [3.63, 3.8) is 0 Å². The van der Waals surface area contributed by atoms with Gasteiger partial charge in [0.25, 0.3) is 5.91 Å². The average molecular weight is 862 g/mol. The molecular weight excluding hydrogens is 807 g/mol.